The molecular formula is C9H7BrF3NO2. The molecule has 16 heavy (non-hydrogen) atoms. The van der Waals surface area contributed by atoms with Crippen molar-refractivity contribution in [2.24, 2.45) is 0 Å². The van der Waals surface area contributed by atoms with Crippen LogP contribution in [0, 0.1) is 0 Å². The Morgan fingerprint density at radius 3 is 2.44 bits per heavy atom. The molecular weight excluding hydrogens is 291 g/mol. The highest BCUT2D eigenvalue weighted by Gasteiger charge is 2.33. The molecule has 0 radical (unpaired) electrons. The van der Waals surface area contributed by atoms with E-state index in [0.717, 1.165) is 13.0 Å². The van der Waals surface area contributed by atoms with Crippen molar-refractivity contribution in [3.63, 3.8) is 0 Å². The van der Waals surface area contributed by atoms with E-state index in [2.05, 4.69) is 20.7 Å². The van der Waals surface area contributed by atoms with Crippen LogP contribution in [0.25, 0.3) is 0 Å². The number of rotatable bonds is 2. The molecule has 0 aliphatic rings. The van der Waals surface area contributed by atoms with E-state index in [1.807, 2.05) is 0 Å². The number of benzene rings is 1. The largest absolute Gasteiger partial charge is 0.573 e. The van der Waals surface area contributed by atoms with Crippen molar-refractivity contribution in [2.45, 2.75) is 13.3 Å². The minimum atomic E-state index is -4.86. The van der Waals surface area contributed by atoms with Gasteiger partial charge in [0.25, 0.3) is 0 Å². The highest BCUT2D eigenvalue weighted by Crippen LogP contribution is 2.35. The molecule has 0 bridgehead atoms. The van der Waals surface area contributed by atoms with Crippen LogP contribution in [0.5, 0.6) is 5.75 Å². The van der Waals surface area contributed by atoms with Crippen LogP contribution in [0.1, 0.15) is 17.3 Å². The summed E-state index contributed by atoms with van der Waals surface area (Å²) in [7, 11) is 0. The molecule has 7 heteroatoms. The topological polar surface area (TPSA) is 52.3 Å². The number of hydrogen-bond acceptors (Lipinski definition) is 3. The number of Topliss-reactive ketones (excluding diaryl/α,β-unsaturated/α-hetero) is 1. The lowest BCUT2D eigenvalue weighted by atomic mass is 10.1. The Bertz CT molecular complexity index is 431. The Morgan fingerprint density at radius 2 is 2.00 bits per heavy atom. The Balaban J connectivity index is 3.30. The van der Waals surface area contributed by atoms with Gasteiger partial charge >= 0.3 is 6.36 Å². The van der Waals surface area contributed by atoms with E-state index in [4.69, 9.17) is 5.73 Å². The van der Waals surface area contributed by atoms with E-state index in [9.17, 15) is 18.0 Å². The first-order valence-electron chi connectivity index (χ1n) is 4.06. The van der Waals surface area contributed by atoms with Crippen LogP contribution in [-0.4, -0.2) is 12.1 Å². The first kappa shape index (κ1) is 12.8. The normalized spacial score (nSPS) is 11.3. The lowest BCUT2D eigenvalue weighted by molar-refractivity contribution is -0.275. The first-order chi connectivity index (χ1) is 7.20. The second-order valence-electron chi connectivity index (χ2n) is 2.98. The van der Waals surface area contributed by atoms with Crippen LogP contribution in [-0.2, 0) is 0 Å². The summed E-state index contributed by atoms with van der Waals surface area (Å²) < 4.78 is 40.0. The summed E-state index contributed by atoms with van der Waals surface area (Å²) >= 11 is 2.86. The number of carbonyl (C=O) groups is 1. The van der Waals surface area contributed by atoms with Crippen molar-refractivity contribution >= 4 is 27.4 Å². The van der Waals surface area contributed by atoms with Crippen LogP contribution in [0.15, 0.2) is 16.6 Å². The monoisotopic (exact) mass is 297 g/mol. The van der Waals surface area contributed by atoms with Crippen LogP contribution < -0.4 is 10.5 Å². The smallest absolute Gasteiger partial charge is 0.404 e. The van der Waals surface area contributed by atoms with Crippen molar-refractivity contribution in [1.82, 2.24) is 0 Å². The number of carbonyl (C=O) groups excluding carboxylic acids is 1. The maximum Gasteiger partial charge on any atom is 0.573 e. The maximum absolute atomic E-state index is 12.1. The molecule has 0 saturated heterocycles. The average molecular weight is 298 g/mol. The predicted octanol–water partition coefficient (Wildman–Crippen LogP) is 3.13. The number of ether oxygens (including phenoxy) is 1. The number of halogens is 4. The molecule has 0 aliphatic heterocycles. The molecule has 0 aliphatic carbocycles. The summed E-state index contributed by atoms with van der Waals surface area (Å²) in [4.78, 5) is 11.1. The highest BCUT2D eigenvalue weighted by molar-refractivity contribution is 9.10. The molecule has 3 nitrogen and oxygen atoms in total. The fourth-order valence-electron chi connectivity index (χ4n) is 1.10. The zero-order valence-corrected chi connectivity index (χ0v) is 9.65. The van der Waals surface area contributed by atoms with E-state index in [1.165, 1.54) is 6.07 Å². The molecule has 0 aromatic heterocycles. The van der Waals surface area contributed by atoms with Gasteiger partial charge in [-0.15, -0.1) is 13.2 Å². The highest BCUT2D eigenvalue weighted by atomic mass is 79.9. The SMILES string of the molecule is CC(=O)c1cc(N)cc(Br)c1OC(F)(F)F. The third-order valence-corrected chi connectivity index (χ3v) is 2.25. The fraction of sp³-hybridized carbons (Fsp3) is 0.222. The second-order valence-corrected chi connectivity index (χ2v) is 3.84. The van der Waals surface area contributed by atoms with Crippen molar-refractivity contribution in [3.8, 4) is 5.75 Å². The van der Waals surface area contributed by atoms with Crippen LogP contribution in [0.2, 0.25) is 0 Å². The molecule has 0 saturated carbocycles. The van der Waals surface area contributed by atoms with E-state index >= 15 is 0 Å². The Hall–Kier alpha value is -1.24. The standard InChI is InChI=1S/C9H7BrF3NO2/c1-4(15)6-2-5(14)3-7(10)8(6)16-9(11,12)13/h2-3H,14H2,1H3. The first-order valence-corrected chi connectivity index (χ1v) is 4.85. The molecule has 1 aromatic rings. The van der Waals surface area contributed by atoms with E-state index in [-0.39, 0.29) is 15.7 Å². The van der Waals surface area contributed by atoms with Gasteiger partial charge in [0.2, 0.25) is 0 Å². The maximum atomic E-state index is 12.1. The number of hydrogen-bond donors (Lipinski definition) is 1. The summed E-state index contributed by atoms with van der Waals surface area (Å²) in [6, 6.07) is 2.36. The molecule has 2 N–H and O–H groups in total. The average Bonchev–Trinajstić information content (AvgIpc) is 2.07. The van der Waals surface area contributed by atoms with E-state index in [0.29, 0.717) is 0 Å². The van der Waals surface area contributed by atoms with Crippen LogP contribution >= 0.6 is 15.9 Å². The molecule has 0 heterocycles. The van der Waals surface area contributed by atoms with Crippen molar-refractivity contribution < 1.29 is 22.7 Å². The molecule has 1 rings (SSSR count). The molecule has 0 spiro atoms. The Labute approximate surface area is 97.5 Å². The van der Waals surface area contributed by atoms with Gasteiger partial charge in [0.15, 0.2) is 11.5 Å². The van der Waals surface area contributed by atoms with Gasteiger partial charge in [0.05, 0.1) is 10.0 Å². The van der Waals surface area contributed by atoms with Crippen LogP contribution in [0.3, 0.4) is 0 Å². The van der Waals surface area contributed by atoms with Gasteiger partial charge in [-0.3, -0.25) is 4.79 Å². The number of nitrogen functional groups attached to an aromatic ring is 1. The van der Waals surface area contributed by atoms with E-state index in [1.54, 1.807) is 0 Å². The minimum absolute atomic E-state index is 0.0185. The fourth-order valence-corrected chi connectivity index (χ4v) is 1.65. The third kappa shape index (κ3) is 3.13. The zero-order valence-electron chi connectivity index (χ0n) is 8.06. The van der Waals surface area contributed by atoms with Crippen molar-refractivity contribution in [3.05, 3.63) is 22.2 Å². The second kappa shape index (κ2) is 4.32. The van der Waals surface area contributed by atoms with Gasteiger partial charge in [-0.2, -0.15) is 0 Å². The van der Waals surface area contributed by atoms with Gasteiger partial charge in [-0.1, -0.05) is 0 Å². The van der Waals surface area contributed by atoms with Gasteiger partial charge in [0.1, 0.15) is 0 Å². The van der Waals surface area contributed by atoms with Gasteiger partial charge in [-0.05, 0) is 35.0 Å². The van der Waals surface area contributed by atoms with Crippen LogP contribution in [0.4, 0.5) is 18.9 Å². The Morgan fingerprint density at radius 1 is 1.44 bits per heavy atom. The zero-order chi connectivity index (χ0) is 12.5. The molecule has 1 aromatic carbocycles. The number of alkyl halides is 3. The van der Waals surface area contributed by atoms with Crippen molar-refractivity contribution in [2.75, 3.05) is 5.73 Å². The summed E-state index contributed by atoms with van der Waals surface area (Å²) in [5, 5.41) is 0. The quantitative estimate of drug-likeness (QED) is 0.674. The van der Waals surface area contributed by atoms with Crippen molar-refractivity contribution in [1.29, 1.82) is 0 Å². The minimum Gasteiger partial charge on any atom is -0.404 e. The van der Waals surface area contributed by atoms with Gasteiger partial charge < -0.3 is 10.5 Å². The summed E-state index contributed by atoms with van der Waals surface area (Å²) in [6.07, 6.45) is -4.86. The number of nitrogens with two attached hydrogens (primary N) is 1. The van der Waals surface area contributed by atoms with Gasteiger partial charge in [0, 0.05) is 5.69 Å². The predicted molar refractivity (Wildman–Crippen MR) is 55.2 cm³/mol. The number of anilines is 1. The van der Waals surface area contributed by atoms with E-state index < -0.39 is 17.9 Å². The molecule has 0 atom stereocenters. The summed E-state index contributed by atoms with van der Waals surface area (Å²) in [5.74, 6) is -1.14. The third-order valence-electron chi connectivity index (χ3n) is 1.66. The summed E-state index contributed by atoms with van der Waals surface area (Å²) in [6.45, 7) is 1.13. The molecule has 0 unspecified atom stereocenters. The number of ketones is 1. The lowest BCUT2D eigenvalue weighted by Crippen LogP contribution is -2.19. The molecule has 0 amide bonds. The Kier molecular flexibility index (Phi) is 3.47. The van der Waals surface area contributed by atoms with Gasteiger partial charge in [-0.25, -0.2) is 0 Å². The molecule has 88 valence electrons. The molecule has 0 fully saturated rings. The summed E-state index contributed by atoms with van der Waals surface area (Å²) in [5.41, 5.74) is 5.37. The lowest BCUT2D eigenvalue weighted by Gasteiger charge is -2.14.